The van der Waals surface area contributed by atoms with E-state index in [9.17, 15) is 9.90 Å². The third-order valence-electron chi connectivity index (χ3n) is 5.03. The Morgan fingerprint density at radius 2 is 2.04 bits per heavy atom. The molecule has 1 aromatic heterocycles. The summed E-state index contributed by atoms with van der Waals surface area (Å²) in [7, 11) is 1.63. The molecule has 1 heterocycles. The monoisotopic (exact) mass is 358 g/mol. The average molecular weight is 358 g/mol. The average Bonchev–Trinajstić information content (AvgIpc) is 3.32. The number of amides is 2. The minimum Gasteiger partial charge on any atom is -0.497 e. The van der Waals surface area contributed by atoms with Crippen molar-refractivity contribution in [2.24, 2.45) is 0 Å². The van der Waals surface area contributed by atoms with Crippen LogP contribution in [0.3, 0.4) is 0 Å². The first-order chi connectivity index (χ1) is 12.5. The third kappa shape index (κ3) is 3.99. The first kappa shape index (κ1) is 18.3. The summed E-state index contributed by atoms with van der Waals surface area (Å²) in [5, 5.41) is 19.9. The van der Waals surface area contributed by atoms with Crippen molar-refractivity contribution in [1.29, 1.82) is 0 Å². The summed E-state index contributed by atoms with van der Waals surface area (Å²) in [6.07, 6.45) is 7.34. The number of aliphatic hydroxyl groups excluding tert-OH is 1. The van der Waals surface area contributed by atoms with Crippen molar-refractivity contribution < 1.29 is 14.6 Å². The Kier molecular flexibility index (Phi) is 5.46. The summed E-state index contributed by atoms with van der Waals surface area (Å²) >= 11 is 0. The molecule has 0 radical (unpaired) electrons. The molecular weight excluding hydrogens is 332 g/mol. The van der Waals surface area contributed by atoms with Crippen LogP contribution < -0.4 is 15.4 Å². The second-order valence-electron chi connectivity index (χ2n) is 6.88. The van der Waals surface area contributed by atoms with Gasteiger partial charge in [0.05, 0.1) is 37.2 Å². The summed E-state index contributed by atoms with van der Waals surface area (Å²) in [6.45, 7) is 1.89. The van der Waals surface area contributed by atoms with Crippen LogP contribution in [-0.2, 0) is 0 Å². The molecule has 0 bridgehead atoms. The summed E-state index contributed by atoms with van der Waals surface area (Å²) in [5.41, 5.74) is 1.34. The van der Waals surface area contributed by atoms with E-state index in [1.807, 2.05) is 37.4 Å². The number of hydrogen-bond donors (Lipinski definition) is 3. The number of nitrogens with one attached hydrogen (secondary N) is 2. The van der Waals surface area contributed by atoms with E-state index in [-0.39, 0.29) is 18.7 Å². The molecule has 3 N–H and O–H groups in total. The van der Waals surface area contributed by atoms with E-state index in [1.54, 1.807) is 18.0 Å². The van der Waals surface area contributed by atoms with Crippen LogP contribution in [0, 0.1) is 0 Å². The Labute approximate surface area is 153 Å². The van der Waals surface area contributed by atoms with E-state index in [2.05, 4.69) is 15.7 Å². The second kappa shape index (κ2) is 7.78. The van der Waals surface area contributed by atoms with Gasteiger partial charge in [-0.25, -0.2) is 9.48 Å². The number of rotatable bonds is 6. The maximum atomic E-state index is 12.3. The minimum absolute atomic E-state index is 0.0236. The third-order valence-corrected chi connectivity index (χ3v) is 5.03. The number of urea groups is 1. The highest BCUT2D eigenvalue weighted by Crippen LogP contribution is 2.29. The molecule has 2 amide bonds. The molecule has 1 aliphatic rings. The van der Waals surface area contributed by atoms with Crippen LogP contribution >= 0.6 is 0 Å². The number of aliphatic hydroxyl groups is 1. The molecule has 1 atom stereocenters. The van der Waals surface area contributed by atoms with Crippen LogP contribution in [0.2, 0.25) is 0 Å². The zero-order valence-corrected chi connectivity index (χ0v) is 15.2. The lowest BCUT2D eigenvalue weighted by atomic mass is 9.99. The molecule has 1 saturated carbocycles. The van der Waals surface area contributed by atoms with Crippen LogP contribution in [-0.4, -0.2) is 40.2 Å². The fourth-order valence-corrected chi connectivity index (χ4v) is 3.37. The van der Waals surface area contributed by atoms with Gasteiger partial charge in [-0.2, -0.15) is 5.10 Å². The van der Waals surface area contributed by atoms with E-state index >= 15 is 0 Å². The van der Waals surface area contributed by atoms with E-state index in [0.29, 0.717) is 0 Å². The van der Waals surface area contributed by atoms with Crippen LogP contribution in [0.1, 0.15) is 44.2 Å². The highest BCUT2D eigenvalue weighted by Gasteiger charge is 2.34. The molecule has 7 nitrogen and oxygen atoms in total. The largest absolute Gasteiger partial charge is 0.497 e. The molecule has 7 heteroatoms. The molecule has 26 heavy (non-hydrogen) atoms. The fourth-order valence-electron chi connectivity index (χ4n) is 3.37. The number of ether oxygens (including phenoxy) is 1. The lowest BCUT2D eigenvalue weighted by Crippen LogP contribution is -2.53. The molecule has 1 fully saturated rings. The molecule has 1 aromatic carbocycles. The van der Waals surface area contributed by atoms with E-state index in [4.69, 9.17) is 4.74 Å². The van der Waals surface area contributed by atoms with Gasteiger partial charge in [0.15, 0.2) is 0 Å². The SMILES string of the molecule is COc1ccc(-n2cc([C@@H](C)NC(=O)NC3(CO)CCCC3)cn2)cc1. The molecule has 1 aliphatic carbocycles. The van der Waals surface area contributed by atoms with Crippen molar-refractivity contribution in [3.63, 3.8) is 0 Å². The Bertz CT molecular complexity index is 735. The van der Waals surface area contributed by atoms with Crippen molar-refractivity contribution in [2.45, 2.75) is 44.2 Å². The smallest absolute Gasteiger partial charge is 0.315 e. The van der Waals surface area contributed by atoms with Crippen LogP contribution in [0.4, 0.5) is 4.79 Å². The number of aromatic nitrogens is 2. The zero-order valence-electron chi connectivity index (χ0n) is 15.2. The standard InChI is InChI=1S/C19H26N4O3/c1-14(21-18(25)22-19(13-24)9-3-4-10-19)15-11-20-23(12-15)16-5-7-17(26-2)8-6-16/h5-8,11-12,14,24H,3-4,9-10,13H2,1-2H3,(H2,21,22,25)/t14-/m1/s1. The van der Waals surface area contributed by atoms with E-state index < -0.39 is 5.54 Å². The number of nitrogens with zero attached hydrogens (tertiary/aromatic N) is 2. The molecular formula is C19H26N4O3. The van der Waals surface area contributed by atoms with Crippen molar-refractivity contribution in [2.75, 3.05) is 13.7 Å². The first-order valence-electron chi connectivity index (χ1n) is 8.94. The molecule has 140 valence electrons. The molecule has 0 spiro atoms. The van der Waals surface area contributed by atoms with E-state index in [1.165, 1.54) is 0 Å². The lowest BCUT2D eigenvalue weighted by Gasteiger charge is -2.28. The second-order valence-corrected chi connectivity index (χ2v) is 6.88. The zero-order chi connectivity index (χ0) is 18.6. The number of methoxy groups -OCH3 is 1. The van der Waals surface area contributed by atoms with E-state index in [0.717, 1.165) is 42.7 Å². The summed E-state index contributed by atoms with van der Waals surface area (Å²) < 4.78 is 6.92. The Morgan fingerprint density at radius 1 is 1.35 bits per heavy atom. The highest BCUT2D eigenvalue weighted by molar-refractivity contribution is 5.75. The van der Waals surface area contributed by atoms with Crippen molar-refractivity contribution in [1.82, 2.24) is 20.4 Å². The Hall–Kier alpha value is -2.54. The normalized spacial score (nSPS) is 16.9. The van der Waals surface area contributed by atoms with Crippen LogP contribution in [0.5, 0.6) is 5.75 Å². The number of benzene rings is 1. The van der Waals surface area contributed by atoms with Gasteiger partial charge in [0.1, 0.15) is 5.75 Å². The van der Waals surface area contributed by atoms with Crippen molar-refractivity contribution in [3.8, 4) is 11.4 Å². The quantitative estimate of drug-likeness (QED) is 0.740. The van der Waals surface area contributed by atoms with Gasteiger partial charge in [-0.05, 0) is 44.0 Å². The molecule has 0 saturated heterocycles. The number of carbonyl (C=O) groups excluding carboxylic acids is 1. The van der Waals surface area contributed by atoms with Crippen LogP contribution in [0.15, 0.2) is 36.7 Å². The van der Waals surface area contributed by atoms with Gasteiger partial charge >= 0.3 is 6.03 Å². The number of hydrogen-bond acceptors (Lipinski definition) is 4. The molecule has 0 aliphatic heterocycles. The van der Waals surface area contributed by atoms with Crippen molar-refractivity contribution >= 4 is 6.03 Å². The molecule has 0 unspecified atom stereocenters. The van der Waals surface area contributed by atoms with Gasteiger partial charge in [0.25, 0.3) is 0 Å². The maximum absolute atomic E-state index is 12.3. The summed E-state index contributed by atoms with van der Waals surface area (Å²) in [6, 6.07) is 7.14. The Balaban J connectivity index is 1.62. The van der Waals surface area contributed by atoms with Gasteiger partial charge in [0.2, 0.25) is 0 Å². The van der Waals surface area contributed by atoms with Gasteiger partial charge < -0.3 is 20.5 Å². The van der Waals surface area contributed by atoms with Crippen molar-refractivity contribution in [3.05, 3.63) is 42.2 Å². The van der Waals surface area contributed by atoms with Gasteiger partial charge in [-0.1, -0.05) is 12.8 Å². The topological polar surface area (TPSA) is 88.4 Å². The first-order valence-corrected chi connectivity index (χ1v) is 8.94. The minimum atomic E-state index is -0.475. The molecule has 3 rings (SSSR count). The Morgan fingerprint density at radius 3 is 2.65 bits per heavy atom. The summed E-state index contributed by atoms with van der Waals surface area (Å²) in [5.74, 6) is 0.789. The lowest BCUT2D eigenvalue weighted by molar-refractivity contribution is 0.162. The number of carbonyl (C=O) groups is 1. The van der Waals surface area contributed by atoms with Gasteiger partial charge in [0, 0.05) is 11.8 Å². The van der Waals surface area contributed by atoms with Gasteiger partial charge in [-0.15, -0.1) is 0 Å². The van der Waals surface area contributed by atoms with Crippen LogP contribution in [0.25, 0.3) is 5.69 Å². The highest BCUT2D eigenvalue weighted by atomic mass is 16.5. The maximum Gasteiger partial charge on any atom is 0.315 e. The molecule has 2 aromatic rings. The predicted octanol–water partition coefficient (Wildman–Crippen LogP) is 2.55. The van der Waals surface area contributed by atoms with Gasteiger partial charge in [-0.3, -0.25) is 0 Å². The predicted molar refractivity (Wildman–Crippen MR) is 98.5 cm³/mol. The fraction of sp³-hybridized carbons (Fsp3) is 0.474. The summed E-state index contributed by atoms with van der Waals surface area (Å²) in [4.78, 5) is 12.3.